The number of nitrogens with zero attached hydrogens (tertiary/aromatic N) is 2. The number of carboxylic acids is 1. The number of benzene rings is 1. The van der Waals surface area contributed by atoms with E-state index in [1.54, 1.807) is 18.3 Å². The monoisotopic (exact) mass is 353 g/mol. The molecule has 136 valence electrons. The van der Waals surface area contributed by atoms with Gasteiger partial charge in [-0.2, -0.15) is 0 Å². The average Bonchev–Trinajstić information content (AvgIpc) is 3.09. The summed E-state index contributed by atoms with van der Waals surface area (Å²) in [6.07, 6.45) is 4.00. The molecule has 1 saturated heterocycles. The van der Waals surface area contributed by atoms with E-state index in [1.165, 1.54) is 12.5 Å². The number of carbonyl (C=O) groups is 2. The first-order valence-electron chi connectivity index (χ1n) is 8.78. The van der Waals surface area contributed by atoms with E-state index in [4.69, 9.17) is 5.11 Å². The maximum absolute atomic E-state index is 11.1. The molecule has 0 aliphatic carbocycles. The Labute approximate surface area is 152 Å². The van der Waals surface area contributed by atoms with Crippen LogP contribution >= 0.6 is 0 Å². The number of likely N-dealkylation sites (tertiary alicyclic amines) is 1. The lowest BCUT2D eigenvalue weighted by Crippen LogP contribution is -2.23. The zero-order valence-corrected chi connectivity index (χ0v) is 14.8. The van der Waals surface area contributed by atoms with Gasteiger partial charge >= 0.3 is 5.97 Å². The van der Waals surface area contributed by atoms with E-state index in [-0.39, 0.29) is 5.91 Å². The van der Waals surface area contributed by atoms with Gasteiger partial charge in [-0.25, -0.2) is 4.79 Å². The van der Waals surface area contributed by atoms with Gasteiger partial charge in [0.25, 0.3) is 0 Å². The van der Waals surface area contributed by atoms with Gasteiger partial charge in [-0.15, -0.1) is 0 Å². The van der Waals surface area contributed by atoms with Crippen LogP contribution in [0.1, 0.15) is 53.0 Å². The predicted molar refractivity (Wildman–Crippen MR) is 97.5 cm³/mol. The topological polar surface area (TPSA) is 82.5 Å². The van der Waals surface area contributed by atoms with E-state index in [0.717, 1.165) is 37.2 Å². The van der Waals surface area contributed by atoms with Crippen molar-refractivity contribution >= 4 is 11.9 Å². The quantitative estimate of drug-likeness (QED) is 0.834. The van der Waals surface area contributed by atoms with Crippen LogP contribution in [0.15, 0.2) is 42.6 Å². The minimum absolute atomic E-state index is 0.0653. The van der Waals surface area contributed by atoms with Crippen LogP contribution in [0, 0.1) is 0 Å². The minimum atomic E-state index is -0.904. The van der Waals surface area contributed by atoms with Crippen molar-refractivity contribution in [1.82, 2.24) is 15.2 Å². The molecule has 6 nitrogen and oxygen atoms in total. The normalized spacial score (nSPS) is 17.2. The summed E-state index contributed by atoms with van der Waals surface area (Å²) in [5.41, 5.74) is 3.48. The molecule has 3 rings (SSSR count). The molecular weight excluding hydrogens is 330 g/mol. The molecule has 1 atom stereocenters. The summed E-state index contributed by atoms with van der Waals surface area (Å²) in [5.74, 6) is -0.969. The van der Waals surface area contributed by atoms with E-state index in [2.05, 4.69) is 21.3 Å². The molecule has 1 aliphatic heterocycles. The third-order valence-corrected chi connectivity index (χ3v) is 4.69. The fourth-order valence-electron chi connectivity index (χ4n) is 3.40. The highest BCUT2D eigenvalue weighted by Gasteiger charge is 2.26. The van der Waals surface area contributed by atoms with Crippen molar-refractivity contribution in [3.8, 4) is 0 Å². The van der Waals surface area contributed by atoms with Crippen LogP contribution in [0.5, 0.6) is 0 Å². The number of carbonyl (C=O) groups excluding carboxylic acids is 1. The lowest BCUT2D eigenvalue weighted by molar-refractivity contribution is -0.119. The molecule has 26 heavy (non-hydrogen) atoms. The summed E-state index contributed by atoms with van der Waals surface area (Å²) in [6.45, 7) is 3.73. The highest BCUT2D eigenvalue weighted by molar-refractivity contribution is 5.87. The Kier molecular flexibility index (Phi) is 5.63. The fourth-order valence-corrected chi connectivity index (χ4v) is 3.40. The number of pyridine rings is 1. The number of nitrogens with one attached hydrogen (secondary N) is 1. The largest absolute Gasteiger partial charge is 0.478 e. The van der Waals surface area contributed by atoms with Gasteiger partial charge in [0.05, 0.1) is 17.8 Å². The third kappa shape index (κ3) is 4.46. The molecule has 1 fully saturated rings. The molecule has 2 heterocycles. The van der Waals surface area contributed by atoms with Crippen LogP contribution in [-0.4, -0.2) is 33.4 Å². The smallest absolute Gasteiger partial charge is 0.335 e. The highest BCUT2D eigenvalue weighted by atomic mass is 16.4. The summed E-state index contributed by atoms with van der Waals surface area (Å²) in [4.78, 5) is 28.8. The van der Waals surface area contributed by atoms with Crippen molar-refractivity contribution in [2.24, 2.45) is 0 Å². The summed E-state index contributed by atoms with van der Waals surface area (Å²) in [7, 11) is 0. The SMILES string of the molecule is CC(=O)NCc1cc(C2CCCN2Cc2ccc(C(=O)O)cc2)ccn1. The maximum Gasteiger partial charge on any atom is 0.335 e. The Bertz CT molecular complexity index is 789. The van der Waals surface area contributed by atoms with Gasteiger partial charge in [-0.1, -0.05) is 12.1 Å². The zero-order chi connectivity index (χ0) is 18.5. The first-order valence-corrected chi connectivity index (χ1v) is 8.78. The number of amides is 1. The molecule has 0 spiro atoms. The van der Waals surface area contributed by atoms with Gasteiger partial charge in [-0.3, -0.25) is 14.7 Å². The maximum atomic E-state index is 11.1. The third-order valence-electron chi connectivity index (χ3n) is 4.69. The summed E-state index contributed by atoms with van der Waals surface area (Å²) < 4.78 is 0. The average molecular weight is 353 g/mol. The highest BCUT2D eigenvalue weighted by Crippen LogP contribution is 2.33. The van der Waals surface area contributed by atoms with Gasteiger partial charge in [-0.05, 0) is 54.8 Å². The fraction of sp³-hybridized carbons (Fsp3) is 0.350. The standard InChI is InChI=1S/C20H23N3O3/c1-14(24)22-12-18-11-17(8-9-21-18)19-3-2-10-23(19)13-15-4-6-16(7-5-15)20(25)26/h4-9,11,19H,2-3,10,12-13H2,1H3,(H,22,24)(H,25,26). The van der Waals surface area contributed by atoms with Gasteiger partial charge < -0.3 is 10.4 Å². The first kappa shape index (κ1) is 18.1. The van der Waals surface area contributed by atoms with E-state index in [9.17, 15) is 9.59 Å². The van der Waals surface area contributed by atoms with Crippen molar-refractivity contribution in [2.75, 3.05) is 6.54 Å². The summed E-state index contributed by atoms with van der Waals surface area (Å²) in [6, 6.07) is 11.5. The molecule has 1 amide bonds. The Morgan fingerprint density at radius 1 is 1.27 bits per heavy atom. The number of hydrogen-bond acceptors (Lipinski definition) is 4. The number of aromatic carboxylic acids is 1. The minimum Gasteiger partial charge on any atom is -0.478 e. The number of aromatic nitrogens is 1. The molecule has 0 bridgehead atoms. The molecular formula is C20H23N3O3. The molecule has 2 aromatic rings. The number of hydrogen-bond donors (Lipinski definition) is 2. The van der Waals surface area contributed by atoms with Crippen molar-refractivity contribution in [3.05, 3.63) is 65.0 Å². The molecule has 6 heteroatoms. The second-order valence-electron chi connectivity index (χ2n) is 6.62. The summed E-state index contributed by atoms with van der Waals surface area (Å²) >= 11 is 0. The lowest BCUT2D eigenvalue weighted by Gasteiger charge is -2.25. The number of rotatable bonds is 6. The first-order chi connectivity index (χ1) is 12.5. The van der Waals surface area contributed by atoms with Crippen LogP contribution < -0.4 is 5.32 Å². The van der Waals surface area contributed by atoms with Gasteiger partial charge in [0.15, 0.2) is 0 Å². The van der Waals surface area contributed by atoms with E-state index < -0.39 is 5.97 Å². The van der Waals surface area contributed by atoms with Crippen molar-refractivity contribution in [3.63, 3.8) is 0 Å². The Morgan fingerprint density at radius 2 is 2.04 bits per heavy atom. The van der Waals surface area contributed by atoms with Crippen molar-refractivity contribution in [1.29, 1.82) is 0 Å². The van der Waals surface area contributed by atoms with Gasteiger partial charge in [0.1, 0.15) is 0 Å². The van der Waals surface area contributed by atoms with Crippen LogP contribution in [0.2, 0.25) is 0 Å². The van der Waals surface area contributed by atoms with Crippen LogP contribution in [0.4, 0.5) is 0 Å². The second kappa shape index (κ2) is 8.10. The van der Waals surface area contributed by atoms with E-state index >= 15 is 0 Å². The molecule has 0 radical (unpaired) electrons. The van der Waals surface area contributed by atoms with Crippen LogP contribution in [0.3, 0.4) is 0 Å². The lowest BCUT2D eigenvalue weighted by atomic mass is 10.0. The van der Waals surface area contributed by atoms with E-state index in [1.807, 2.05) is 18.2 Å². The number of carboxylic acid groups (broad SMARTS) is 1. The molecule has 2 N–H and O–H groups in total. The Hall–Kier alpha value is -2.73. The Balaban J connectivity index is 1.70. The van der Waals surface area contributed by atoms with Crippen LogP contribution in [-0.2, 0) is 17.9 Å². The van der Waals surface area contributed by atoms with Gasteiger partial charge in [0.2, 0.25) is 5.91 Å². The zero-order valence-electron chi connectivity index (χ0n) is 14.8. The predicted octanol–water partition coefficient (Wildman–Crippen LogP) is 2.75. The van der Waals surface area contributed by atoms with E-state index in [0.29, 0.717) is 18.2 Å². The Morgan fingerprint density at radius 3 is 2.73 bits per heavy atom. The van der Waals surface area contributed by atoms with Crippen molar-refractivity contribution < 1.29 is 14.7 Å². The molecule has 1 aromatic heterocycles. The summed E-state index contributed by atoms with van der Waals surface area (Å²) in [5, 5.41) is 11.8. The molecule has 1 unspecified atom stereocenters. The van der Waals surface area contributed by atoms with Gasteiger partial charge in [0, 0.05) is 25.7 Å². The van der Waals surface area contributed by atoms with Crippen molar-refractivity contribution in [2.45, 2.75) is 38.9 Å². The molecule has 1 aromatic carbocycles. The second-order valence-corrected chi connectivity index (χ2v) is 6.62. The molecule has 1 aliphatic rings. The molecule has 0 saturated carbocycles. The van der Waals surface area contributed by atoms with Crippen LogP contribution in [0.25, 0.3) is 0 Å².